The van der Waals surface area contributed by atoms with Crippen LogP contribution in [0.2, 0.25) is 0 Å². The molecule has 1 aromatic carbocycles. The van der Waals surface area contributed by atoms with Crippen LogP contribution >= 0.6 is 11.3 Å². The van der Waals surface area contributed by atoms with Crippen LogP contribution in [0.4, 0.5) is 0 Å². The quantitative estimate of drug-likeness (QED) is 0.930. The van der Waals surface area contributed by atoms with Crippen molar-refractivity contribution in [1.29, 1.82) is 0 Å². The lowest BCUT2D eigenvalue weighted by atomic mass is 10.4. The third-order valence-corrected chi connectivity index (χ3v) is 6.20. The first kappa shape index (κ1) is 12.4. The zero-order valence-corrected chi connectivity index (χ0v) is 11.0. The third-order valence-electron chi connectivity index (χ3n) is 1.98. The molecule has 90 valence electrons. The van der Waals surface area contributed by atoms with Crippen LogP contribution in [-0.2, 0) is 20.8 Å². The summed E-state index contributed by atoms with van der Waals surface area (Å²) in [6.07, 6.45) is 0. The number of thiophene rings is 1. The van der Waals surface area contributed by atoms with Crippen LogP contribution in [0.1, 0.15) is 0 Å². The van der Waals surface area contributed by atoms with Gasteiger partial charge in [0.2, 0.25) is 10.0 Å². The van der Waals surface area contributed by atoms with E-state index in [-0.39, 0.29) is 4.21 Å². The van der Waals surface area contributed by atoms with Gasteiger partial charge in [0.15, 0.2) is 0 Å². The monoisotopic (exact) mass is 287 g/mol. The van der Waals surface area contributed by atoms with Gasteiger partial charge in [-0.15, -0.1) is 11.3 Å². The van der Waals surface area contributed by atoms with E-state index < -0.39 is 20.8 Å². The molecule has 0 saturated heterocycles. The molecule has 0 amide bonds. The van der Waals surface area contributed by atoms with E-state index in [9.17, 15) is 12.6 Å². The van der Waals surface area contributed by atoms with Crippen molar-refractivity contribution in [2.45, 2.75) is 13.3 Å². The first-order valence-corrected chi connectivity index (χ1v) is 8.09. The lowest BCUT2D eigenvalue weighted by Crippen LogP contribution is -2.09. The molecule has 0 bridgehead atoms. The predicted molar refractivity (Wildman–Crippen MR) is 66.8 cm³/mol. The molecule has 0 radical (unpaired) electrons. The van der Waals surface area contributed by atoms with E-state index in [2.05, 4.69) is 0 Å². The first-order valence-electron chi connectivity index (χ1n) is 4.58. The van der Waals surface area contributed by atoms with E-state index in [0.717, 1.165) is 11.3 Å². The number of hydrogen-bond donors (Lipinski definition) is 1. The van der Waals surface area contributed by atoms with Gasteiger partial charge >= 0.3 is 0 Å². The fraction of sp³-hybridized carbons (Fsp3) is 0. The Kier molecular flexibility index (Phi) is 3.43. The first-order chi connectivity index (χ1) is 7.98. The molecular weight excluding hydrogens is 278 g/mol. The minimum atomic E-state index is -3.71. The Bertz CT molecular complexity index is 646. The summed E-state index contributed by atoms with van der Waals surface area (Å²) in [4.78, 5) is 0.635. The van der Waals surface area contributed by atoms with Crippen LogP contribution in [0.25, 0.3) is 0 Å². The van der Waals surface area contributed by atoms with Crippen LogP contribution in [0.3, 0.4) is 0 Å². The van der Waals surface area contributed by atoms with E-state index in [1.165, 1.54) is 12.1 Å². The van der Waals surface area contributed by atoms with Gasteiger partial charge in [-0.3, -0.25) is 0 Å². The molecule has 1 atom stereocenters. The maximum Gasteiger partial charge on any atom is 0.247 e. The zero-order valence-electron chi connectivity index (χ0n) is 8.57. The lowest BCUT2D eigenvalue weighted by molar-refractivity contribution is 0.600. The molecule has 17 heavy (non-hydrogen) atoms. The van der Waals surface area contributed by atoms with Gasteiger partial charge in [0.05, 0.1) is 15.0 Å². The highest BCUT2D eigenvalue weighted by Gasteiger charge is 2.15. The van der Waals surface area contributed by atoms with Crippen molar-refractivity contribution < 1.29 is 12.6 Å². The largest absolute Gasteiger partial charge is 0.248 e. The fourth-order valence-electron chi connectivity index (χ4n) is 1.22. The number of benzene rings is 1. The van der Waals surface area contributed by atoms with Gasteiger partial charge in [0.25, 0.3) is 0 Å². The van der Waals surface area contributed by atoms with E-state index >= 15 is 0 Å². The summed E-state index contributed by atoms with van der Waals surface area (Å²) in [6.45, 7) is 0. The fourth-order valence-corrected chi connectivity index (χ4v) is 4.53. The van der Waals surface area contributed by atoms with Crippen LogP contribution < -0.4 is 5.14 Å². The summed E-state index contributed by atoms with van der Waals surface area (Å²) in [5.41, 5.74) is 0. The summed E-state index contributed by atoms with van der Waals surface area (Å²) < 4.78 is 34.8. The van der Waals surface area contributed by atoms with Gasteiger partial charge in [-0.1, -0.05) is 18.2 Å². The summed E-state index contributed by atoms with van der Waals surface area (Å²) in [7, 11) is -5.08. The topological polar surface area (TPSA) is 77.2 Å². The van der Waals surface area contributed by atoms with Crippen molar-refractivity contribution in [3.63, 3.8) is 0 Å². The summed E-state index contributed by atoms with van der Waals surface area (Å²) in [6, 6.07) is 11.7. The van der Waals surface area contributed by atoms with Crippen molar-refractivity contribution in [2.75, 3.05) is 0 Å². The molecule has 0 aliphatic carbocycles. The molecule has 2 N–H and O–H groups in total. The molecule has 0 aliphatic heterocycles. The van der Waals surface area contributed by atoms with Crippen LogP contribution in [0.5, 0.6) is 0 Å². The Labute approximate surface area is 106 Å². The molecule has 0 spiro atoms. The SMILES string of the molecule is NS(=O)(=O)c1ccc([S@@](=O)c2ccccc2)s1. The van der Waals surface area contributed by atoms with Crippen LogP contribution in [0.15, 0.2) is 55.8 Å². The van der Waals surface area contributed by atoms with Gasteiger partial charge < -0.3 is 0 Å². The number of hydrogen-bond acceptors (Lipinski definition) is 4. The number of rotatable bonds is 3. The predicted octanol–water partition coefficient (Wildman–Crippen LogP) is 1.56. The van der Waals surface area contributed by atoms with Crippen molar-refractivity contribution in [2.24, 2.45) is 5.14 Å². The molecule has 0 saturated carbocycles. The number of sulfonamides is 1. The summed E-state index contributed by atoms with van der Waals surface area (Å²) >= 11 is 0.930. The molecule has 0 fully saturated rings. The van der Waals surface area contributed by atoms with Gasteiger partial charge in [0, 0.05) is 4.90 Å². The molecule has 0 aliphatic rings. The molecular formula is C10H9NO3S3. The second kappa shape index (κ2) is 4.69. The van der Waals surface area contributed by atoms with Gasteiger partial charge in [-0.25, -0.2) is 17.8 Å². The molecule has 7 heteroatoms. The van der Waals surface area contributed by atoms with Crippen molar-refractivity contribution in [1.82, 2.24) is 0 Å². The van der Waals surface area contributed by atoms with E-state index in [4.69, 9.17) is 5.14 Å². The lowest BCUT2D eigenvalue weighted by Gasteiger charge is -1.97. The summed E-state index contributed by atoms with van der Waals surface area (Å²) in [5.74, 6) is 0. The van der Waals surface area contributed by atoms with Crippen LogP contribution in [-0.4, -0.2) is 12.6 Å². The third kappa shape index (κ3) is 2.81. The second-order valence-corrected chi connectivity index (χ2v) is 7.78. The van der Waals surface area contributed by atoms with E-state index in [1.807, 2.05) is 6.07 Å². The second-order valence-electron chi connectivity index (χ2n) is 3.20. The zero-order chi connectivity index (χ0) is 12.5. The van der Waals surface area contributed by atoms with E-state index in [1.54, 1.807) is 24.3 Å². The molecule has 0 unspecified atom stereocenters. The molecule has 4 nitrogen and oxygen atoms in total. The molecule has 2 aromatic rings. The minimum Gasteiger partial charge on any atom is -0.248 e. The maximum atomic E-state index is 12.1. The molecule has 1 heterocycles. The van der Waals surface area contributed by atoms with Gasteiger partial charge in [-0.2, -0.15) is 0 Å². The Hall–Kier alpha value is -1.02. The van der Waals surface area contributed by atoms with Gasteiger partial charge in [0.1, 0.15) is 4.21 Å². The Morgan fingerprint density at radius 3 is 2.24 bits per heavy atom. The molecule has 1 aromatic heterocycles. The standard InChI is InChI=1S/C10H9NO3S3/c11-17(13,14)10-7-6-9(15-10)16(12)8-4-2-1-3-5-8/h1-7H,(H2,11,13,14)/t16-/m0/s1. The Balaban J connectivity index is 2.37. The highest BCUT2D eigenvalue weighted by atomic mass is 32.3. The number of nitrogens with two attached hydrogens (primary N) is 1. The normalized spacial score (nSPS) is 13.5. The van der Waals surface area contributed by atoms with Crippen molar-refractivity contribution in [3.05, 3.63) is 42.5 Å². The van der Waals surface area contributed by atoms with Crippen molar-refractivity contribution in [3.8, 4) is 0 Å². The van der Waals surface area contributed by atoms with Gasteiger partial charge in [-0.05, 0) is 24.3 Å². The average Bonchev–Trinajstić information content (AvgIpc) is 2.78. The smallest absolute Gasteiger partial charge is 0.247 e. The average molecular weight is 287 g/mol. The van der Waals surface area contributed by atoms with Crippen molar-refractivity contribution >= 4 is 32.2 Å². The maximum absolute atomic E-state index is 12.1. The highest BCUT2D eigenvalue weighted by Crippen LogP contribution is 2.26. The Morgan fingerprint density at radius 1 is 1.06 bits per heavy atom. The van der Waals surface area contributed by atoms with Crippen LogP contribution in [0, 0.1) is 0 Å². The summed E-state index contributed by atoms with van der Waals surface area (Å²) in [5, 5.41) is 4.99. The molecule has 2 rings (SSSR count). The minimum absolute atomic E-state index is 0.0248. The Morgan fingerprint density at radius 2 is 1.71 bits per heavy atom. The number of primary sulfonamides is 1. The highest BCUT2D eigenvalue weighted by molar-refractivity contribution is 7.92. The van der Waals surface area contributed by atoms with E-state index in [0.29, 0.717) is 9.10 Å².